The van der Waals surface area contributed by atoms with Crippen molar-refractivity contribution in [3.05, 3.63) is 24.4 Å². The van der Waals surface area contributed by atoms with Crippen molar-refractivity contribution in [1.29, 1.82) is 0 Å². The summed E-state index contributed by atoms with van der Waals surface area (Å²) >= 11 is 0. The molecule has 0 saturated heterocycles. The van der Waals surface area contributed by atoms with Gasteiger partial charge in [-0.2, -0.15) is 0 Å². The van der Waals surface area contributed by atoms with Gasteiger partial charge < -0.3 is 0 Å². The zero-order valence-electron chi connectivity index (χ0n) is 8.91. The average molecular weight is 195 g/mol. The second kappa shape index (κ2) is 4.19. The quantitative estimate of drug-likeness (QED) is 0.661. The van der Waals surface area contributed by atoms with Crippen LogP contribution < -0.4 is 5.44 Å². The van der Waals surface area contributed by atoms with E-state index < -0.39 is 0 Å². The fourth-order valence-corrected chi connectivity index (χ4v) is 3.93. The highest BCUT2D eigenvalue weighted by atomic mass is 31.1. The summed E-state index contributed by atoms with van der Waals surface area (Å²) < 4.78 is 0. The second-order valence-electron chi connectivity index (χ2n) is 4.10. The van der Waals surface area contributed by atoms with Gasteiger partial charge in [-0.3, -0.25) is 4.98 Å². The zero-order valence-corrected chi connectivity index (χ0v) is 9.81. The molecule has 1 aromatic rings. The number of aromatic nitrogens is 1. The van der Waals surface area contributed by atoms with Crippen LogP contribution in [0.15, 0.2) is 24.4 Å². The number of rotatable bonds is 2. The van der Waals surface area contributed by atoms with Crippen LogP contribution in [-0.2, 0) is 0 Å². The molecule has 0 aliphatic rings. The van der Waals surface area contributed by atoms with Crippen LogP contribution in [0.3, 0.4) is 0 Å². The molecule has 0 spiro atoms. The van der Waals surface area contributed by atoms with Gasteiger partial charge in [0.05, 0.1) is 5.44 Å². The van der Waals surface area contributed by atoms with Crippen LogP contribution in [0.1, 0.15) is 27.7 Å². The van der Waals surface area contributed by atoms with E-state index in [1.54, 1.807) is 0 Å². The Hall–Kier alpha value is -0.420. The van der Waals surface area contributed by atoms with Gasteiger partial charge in [-0.1, -0.05) is 33.8 Å². The highest BCUT2D eigenvalue weighted by molar-refractivity contribution is 7.66. The van der Waals surface area contributed by atoms with Crippen LogP contribution in [-0.4, -0.2) is 16.3 Å². The standard InChI is InChI=1S/C11H18NP/c1-5-13(11(2,3)4)10-8-6-7-9-12-10/h6-9H,5H2,1-4H3. The van der Waals surface area contributed by atoms with E-state index in [2.05, 4.69) is 44.8 Å². The van der Waals surface area contributed by atoms with E-state index in [1.807, 2.05) is 12.3 Å². The van der Waals surface area contributed by atoms with E-state index in [0.29, 0.717) is 5.16 Å². The average Bonchev–Trinajstić information content (AvgIpc) is 2.05. The zero-order chi connectivity index (χ0) is 9.90. The molecule has 0 aliphatic heterocycles. The van der Waals surface area contributed by atoms with Gasteiger partial charge in [-0.15, -0.1) is 0 Å². The van der Waals surface area contributed by atoms with E-state index >= 15 is 0 Å². The lowest BCUT2D eigenvalue weighted by Gasteiger charge is -2.29. The molecule has 0 radical (unpaired) electrons. The Labute approximate surface area is 82.3 Å². The van der Waals surface area contributed by atoms with E-state index in [4.69, 9.17) is 0 Å². The normalized spacial score (nSPS) is 14.2. The SMILES string of the molecule is CCP(c1ccccn1)C(C)(C)C. The van der Waals surface area contributed by atoms with E-state index in [9.17, 15) is 0 Å². The third-order valence-electron chi connectivity index (χ3n) is 2.05. The number of pyridine rings is 1. The van der Waals surface area contributed by atoms with Crippen molar-refractivity contribution in [1.82, 2.24) is 4.98 Å². The first-order chi connectivity index (χ1) is 6.05. The van der Waals surface area contributed by atoms with Gasteiger partial charge in [0, 0.05) is 6.20 Å². The molecule has 1 heterocycles. The Bertz CT molecular complexity index is 251. The van der Waals surface area contributed by atoms with E-state index in [1.165, 1.54) is 11.6 Å². The van der Waals surface area contributed by atoms with Crippen molar-refractivity contribution in [3.8, 4) is 0 Å². The molecule has 1 unspecified atom stereocenters. The minimum atomic E-state index is -0.106. The van der Waals surface area contributed by atoms with Crippen molar-refractivity contribution in [2.45, 2.75) is 32.9 Å². The Morgan fingerprint density at radius 2 is 2.00 bits per heavy atom. The van der Waals surface area contributed by atoms with Gasteiger partial charge >= 0.3 is 0 Å². The first-order valence-electron chi connectivity index (χ1n) is 4.74. The van der Waals surface area contributed by atoms with Crippen molar-refractivity contribution >= 4 is 13.4 Å². The molecular weight excluding hydrogens is 177 g/mol. The predicted octanol–water partition coefficient (Wildman–Crippen LogP) is 3.01. The highest BCUT2D eigenvalue weighted by Gasteiger charge is 2.24. The maximum absolute atomic E-state index is 4.45. The van der Waals surface area contributed by atoms with Crippen molar-refractivity contribution < 1.29 is 0 Å². The van der Waals surface area contributed by atoms with Crippen LogP contribution in [0.25, 0.3) is 0 Å². The third-order valence-corrected chi connectivity index (χ3v) is 5.12. The number of hydrogen-bond donors (Lipinski definition) is 0. The molecule has 0 N–H and O–H groups in total. The minimum absolute atomic E-state index is 0.106. The maximum atomic E-state index is 4.45. The first-order valence-corrected chi connectivity index (χ1v) is 6.27. The predicted molar refractivity (Wildman–Crippen MR) is 61.1 cm³/mol. The number of hydrogen-bond acceptors (Lipinski definition) is 1. The molecule has 1 aromatic heterocycles. The Balaban J connectivity index is 2.92. The lowest BCUT2D eigenvalue weighted by atomic mass is 10.3. The minimum Gasteiger partial charge on any atom is -0.257 e. The van der Waals surface area contributed by atoms with Gasteiger partial charge in [0.2, 0.25) is 0 Å². The largest absolute Gasteiger partial charge is 0.257 e. The molecule has 13 heavy (non-hydrogen) atoms. The van der Waals surface area contributed by atoms with Crippen molar-refractivity contribution in [2.75, 3.05) is 6.16 Å². The molecule has 0 aliphatic carbocycles. The lowest BCUT2D eigenvalue weighted by molar-refractivity contribution is 0.786. The summed E-state index contributed by atoms with van der Waals surface area (Å²) in [5.41, 5.74) is 1.28. The molecule has 1 atom stereocenters. The van der Waals surface area contributed by atoms with Crippen LogP contribution in [0.5, 0.6) is 0 Å². The molecule has 0 fully saturated rings. The molecule has 1 rings (SSSR count). The monoisotopic (exact) mass is 195 g/mol. The fourth-order valence-electron chi connectivity index (χ4n) is 1.49. The highest BCUT2D eigenvalue weighted by Crippen LogP contribution is 2.46. The molecule has 0 amide bonds. The Morgan fingerprint density at radius 3 is 2.38 bits per heavy atom. The number of nitrogens with zero attached hydrogens (tertiary/aromatic N) is 1. The lowest BCUT2D eigenvalue weighted by Crippen LogP contribution is -2.22. The summed E-state index contributed by atoms with van der Waals surface area (Å²) in [5, 5.41) is 0.373. The Morgan fingerprint density at radius 1 is 1.31 bits per heavy atom. The van der Waals surface area contributed by atoms with E-state index in [-0.39, 0.29) is 7.92 Å². The summed E-state index contributed by atoms with van der Waals surface area (Å²) in [6, 6.07) is 6.22. The third kappa shape index (κ3) is 2.77. The van der Waals surface area contributed by atoms with Crippen LogP contribution >= 0.6 is 7.92 Å². The fraction of sp³-hybridized carbons (Fsp3) is 0.545. The molecular formula is C11H18NP. The Kier molecular flexibility index (Phi) is 3.44. The molecule has 0 saturated carbocycles. The topological polar surface area (TPSA) is 12.9 Å². The smallest absolute Gasteiger partial charge is 0.0635 e. The summed E-state index contributed by atoms with van der Waals surface area (Å²) in [4.78, 5) is 4.45. The molecule has 0 aromatic carbocycles. The summed E-state index contributed by atoms with van der Waals surface area (Å²) in [5.74, 6) is 0. The van der Waals surface area contributed by atoms with Crippen LogP contribution in [0, 0.1) is 0 Å². The van der Waals surface area contributed by atoms with Gasteiger partial charge in [-0.05, 0) is 31.4 Å². The van der Waals surface area contributed by atoms with E-state index in [0.717, 1.165) is 0 Å². The summed E-state index contributed by atoms with van der Waals surface area (Å²) in [6.07, 6.45) is 3.11. The van der Waals surface area contributed by atoms with Gasteiger partial charge in [-0.25, -0.2) is 0 Å². The van der Waals surface area contributed by atoms with Crippen molar-refractivity contribution in [3.63, 3.8) is 0 Å². The summed E-state index contributed by atoms with van der Waals surface area (Å²) in [6.45, 7) is 9.16. The van der Waals surface area contributed by atoms with Gasteiger partial charge in [0.15, 0.2) is 0 Å². The van der Waals surface area contributed by atoms with Crippen LogP contribution in [0.2, 0.25) is 0 Å². The second-order valence-corrected chi connectivity index (χ2v) is 7.39. The van der Waals surface area contributed by atoms with Gasteiger partial charge in [0.1, 0.15) is 0 Å². The maximum Gasteiger partial charge on any atom is 0.0635 e. The van der Waals surface area contributed by atoms with Crippen LogP contribution in [0.4, 0.5) is 0 Å². The summed E-state index contributed by atoms with van der Waals surface area (Å²) in [7, 11) is -0.106. The first kappa shape index (κ1) is 10.7. The molecule has 1 nitrogen and oxygen atoms in total. The molecule has 0 bridgehead atoms. The van der Waals surface area contributed by atoms with Gasteiger partial charge in [0.25, 0.3) is 0 Å². The molecule has 2 heteroatoms. The van der Waals surface area contributed by atoms with Crippen molar-refractivity contribution in [2.24, 2.45) is 0 Å². The molecule has 72 valence electrons.